The van der Waals surface area contributed by atoms with E-state index in [0.717, 1.165) is 37.2 Å². The Labute approximate surface area is 132 Å². The van der Waals surface area contributed by atoms with Gasteiger partial charge in [0.25, 0.3) is 0 Å². The Hall–Kier alpha value is -0.620. The highest BCUT2D eigenvalue weighted by molar-refractivity contribution is 7.89. The van der Waals surface area contributed by atoms with Gasteiger partial charge in [0.2, 0.25) is 10.0 Å². The van der Waals surface area contributed by atoms with E-state index in [-0.39, 0.29) is 10.9 Å². The molecule has 0 spiro atoms. The van der Waals surface area contributed by atoms with Gasteiger partial charge in [-0.25, -0.2) is 13.1 Å². The van der Waals surface area contributed by atoms with Crippen molar-refractivity contribution >= 4 is 21.6 Å². The van der Waals surface area contributed by atoms with Gasteiger partial charge in [0.1, 0.15) is 0 Å². The van der Waals surface area contributed by atoms with Crippen LogP contribution in [0.25, 0.3) is 0 Å². The summed E-state index contributed by atoms with van der Waals surface area (Å²) in [7, 11) is -3.51. The Morgan fingerprint density at radius 3 is 2.48 bits per heavy atom. The molecule has 0 aliphatic heterocycles. The molecule has 6 heteroatoms. The molecule has 1 aromatic carbocycles. The number of nitrogens with two attached hydrogens (primary N) is 1. The second-order valence-electron chi connectivity index (χ2n) is 5.70. The standard InChI is InChI=1S/C15H23ClN2O2S/c1-2-11-3-6-13(7-4-11)18-21(19,20)14-8-5-12(10-17)15(16)9-14/h5,8-9,11,13,18H,2-4,6-7,10,17H2,1H3. The summed E-state index contributed by atoms with van der Waals surface area (Å²) in [4.78, 5) is 0.210. The zero-order valence-corrected chi connectivity index (χ0v) is 13.9. The highest BCUT2D eigenvalue weighted by Crippen LogP contribution is 2.28. The van der Waals surface area contributed by atoms with Gasteiger partial charge in [-0.15, -0.1) is 0 Å². The molecule has 0 saturated heterocycles. The van der Waals surface area contributed by atoms with Crippen LogP contribution in [0.15, 0.2) is 23.1 Å². The molecule has 1 aliphatic rings. The van der Waals surface area contributed by atoms with Gasteiger partial charge in [0, 0.05) is 17.6 Å². The number of hydrogen-bond acceptors (Lipinski definition) is 3. The summed E-state index contributed by atoms with van der Waals surface area (Å²) in [5.41, 5.74) is 6.28. The molecule has 1 aliphatic carbocycles. The van der Waals surface area contributed by atoms with Crippen LogP contribution in [0.3, 0.4) is 0 Å². The van der Waals surface area contributed by atoms with Crippen molar-refractivity contribution in [2.45, 2.75) is 56.5 Å². The highest BCUT2D eigenvalue weighted by Gasteiger charge is 2.25. The van der Waals surface area contributed by atoms with Crippen LogP contribution in [-0.2, 0) is 16.6 Å². The molecular formula is C15H23ClN2O2S. The first kappa shape index (κ1) is 16.7. The van der Waals surface area contributed by atoms with E-state index in [2.05, 4.69) is 11.6 Å². The van der Waals surface area contributed by atoms with E-state index in [9.17, 15) is 8.42 Å². The molecule has 118 valence electrons. The molecule has 1 aromatic rings. The maximum absolute atomic E-state index is 12.4. The third-order valence-electron chi connectivity index (χ3n) is 4.30. The number of rotatable bonds is 5. The predicted octanol–water partition coefficient (Wildman–Crippen LogP) is 3.05. The summed E-state index contributed by atoms with van der Waals surface area (Å²) in [6.45, 7) is 2.49. The molecule has 0 bridgehead atoms. The molecule has 1 saturated carbocycles. The lowest BCUT2D eigenvalue weighted by molar-refractivity contribution is 0.306. The topological polar surface area (TPSA) is 72.2 Å². The molecule has 0 radical (unpaired) electrons. The number of sulfonamides is 1. The summed E-state index contributed by atoms with van der Waals surface area (Å²) < 4.78 is 27.6. The third-order valence-corrected chi connectivity index (χ3v) is 6.17. The SMILES string of the molecule is CCC1CCC(NS(=O)(=O)c2ccc(CN)c(Cl)c2)CC1. The van der Waals surface area contributed by atoms with Gasteiger partial charge in [-0.05, 0) is 49.3 Å². The Morgan fingerprint density at radius 2 is 1.95 bits per heavy atom. The number of benzene rings is 1. The van der Waals surface area contributed by atoms with Gasteiger partial charge in [0.15, 0.2) is 0 Å². The normalized spacial score (nSPS) is 23.2. The van der Waals surface area contributed by atoms with E-state index in [4.69, 9.17) is 17.3 Å². The molecule has 21 heavy (non-hydrogen) atoms. The summed E-state index contributed by atoms with van der Waals surface area (Å²) >= 11 is 6.04. The minimum absolute atomic E-state index is 0.0331. The molecule has 0 heterocycles. The van der Waals surface area contributed by atoms with Gasteiger partial charge in [-0.3, -0.25) is 0 Å². The monoisotopic (exact) mass is 330 g/mol. The molecule has 0 atom stereocenters. The fourth-order valence-corrected chi connectivity index (χ4v) is 4.49. The van der Waals surface area contributed by atoms with E-state index < -0.39 is 10.0 Å². The third kappa shape index (κ3) is 4.19. The maximum Gasteiger partial charge on any atom is 0.240 e. The van der Waals surface area contributed by atoms with Crippen molar-refractivity contribution in [3.63, 3.8) is 0 Å². The van der Waals surface area contributed by atoms with Crippen LogP contribution >= 0.6 is 11.6 Å². The minimum Gasteiger partial charge on any atom is -0.326 e. The van der Waals surface area contributed by atoms with E-state index >= 15 is 0 Å². The van der Waals surface area contributed by atoms with Crippen LogP contribution in [0.2, 0.25) is 5.02 Å². The first-order chi connectivity index (χ1) is 9.96. The van der Waals surface area contributed by atoms with Gasteiger partial charge in [-0.1, -0.05) is 31.0 Å². The second kappa shape index (κ2) is 7.09. The number of hydrogen-bond donors (Lipinski definition) is 2. The molecule has 0 unspecified atom stereocenters. The Bertz CT molecular complexity index is 581. The van der Waals surface area contributed by atoms with Crippen molar-refractivity contribution in [2.24, 2.45) is 11.7 Å². The van der Waals surface area contributed by atoms with Crippen molar-refractivity contribution in [1.29, 1.82) is 0 Å². The van der Waals surface area contributed by atoms with Crippen LogP contribution < -0.4 is 10.5 Å². The van der Waals surface area contributed by atoms with Gasteiger partial charge < -0.3 is 5.73 Å². The van der Waals surface area contributed by atoms with Crippen molar-refractivity contribution in [3.8, 4) is 0 Å². The van der Waals surface area contributed by atoms with Crippen molar-refractivity contribution in [1.82, 2.24) is 4.72 Å². The fraction of sp³-hybridized carbons (Fsp3) is 0.600. The zero-order chi connectivity index (χ0) is 15.5. The first-order valence-electron chi connectivity index (χ1n) is 7.47. The van der Waals surface area contributed by atoms with E-state index in [1.54, 1.807) is 12.1 Å². The predicted molar refractivity (Wildman–Crippen MR) is 85.7 cm³/mol. The lowest BCUT2D eigenvalue weighted by Crippen LogP contribution is -2.37. The zero-order valence-electron chi connectivity index (χ0n) is 12.3. The first-order valence-corrected chi connectivity index (χ1v) is 9.33. The van der Waals surface area contributed by atoms with E-state index in [0.29, 0.717) is 11.6 Å². The minimum atomic E-state index is -3.51. The summed E-state index contributed by atoms with van der Waals surface area (Å²) in [6.07, 6.45) is 5.18. The summed E-state index contributed by atoms with van der Waals surface area (Å²) in [6, 6.07) is 4.74. The summed E-state index contributed by atoms with van der Waals surface area (Å²) in [5.74, 6) is 0.740. The molecular weight excluding hydrogens is 308 g/mol. The Morgan fingerprint density at radius 1 is 1.29 bits per heavy atom. The Kier molecular flexibility index (Phi) is 5.66. The van der Waals surface area contributed by atoms with Crippen molar-refractivity contribution in [3.05, 3.63) is 28.8 Å². The van der Waals surface area contributed by atoms with E-state index in [1.165, 1.54) is 12.5 Å². The maximum atomic E-state index is 12.4. The van der Waals surface area contributed by atoms with Gasteiger partial charge in [0.05, 0.1) is 4.90 Å². The number of nitrogens with one attached hydrogen (secondary N) is 1. The van der Waals surface area contributed by atoms with Crippen molar-refractivity contribution in [2.75, 3.05) is 0 Å². The van der Waals surface area contributed by atoms with Gasteiger partial charge >= 0.3 is 0 Å². The van der Waals surface area contributed by atoms with Crippen LogP contribution in [0.5, 0.6) is 0 Å². The smallest absolute Gasteiger partial charge is 0.240 e. The largest absolute Gasteiger partial charge is 0.326 e. The molecule has 0 amide bonds. The molecule has 3 N–H and O–H groups in total. The van der Waals surface area contributed by atoms with Crippen LogP contribution in [0, 0.1) is 5.92 Å². The molecule has 4 nitrogen and oxygen atoms in total. The second-order valence-corrected chi connectivity index (χ2v) is 7.83. The van der Waals surface area contributed by atoms with E-state index in [1.807, 2.05) is 0 Å². The summed E-state index contributed by atoms with van der Waals surface area (Å²) in [5, 5.41) is 0.398. The van der Waals surface area contributed by atoms with Crippen LogP contribution in [-0.4, -0.2) is 14.5 Å². The quantitative estimate of drug-likeness (QED) is 0.871. The average Bonchev–Trinajstić information content (AvgIpc) is 2.47. The molecule has 2 rings (SSSR count). The fourth-order valence-electron chi connectivity index (χ4n) is 2.84. The molecule has 1 fully saturated rings. The lowest BCUT2D eigenvalue weighted by Gasteiger charge is -2.28. The lowest BCUT2D eigenvalue weighted by atomic mass is 9.85. The Balaban J connectivity index is 2.07. The van der Waals surface area contributed by atoms with Crippen molar-refractivity contribution < 1.29 is 8.42 Å². The van der Waals surface area contributed by atoms with Crippen LogP contribution in [0.4, 0.5) is 0 Å². The van der Waals surface area contributed by atoms with Gasteiger partial charge in [-0.2, -0.15) is 0 Å². The molecule has 0 aromatic heterocycles. The highest BCUT2D eigenvalue weighted by atomic mass is 35.5. The average molecular weight is 331 g/mol. The van der Waals surface area contributed by atoms with Crippen LogP contribution in [0.1, 0.15) is 44.6 Å². The number of halogens is 1.